The number of amides is 1. The average molecular weight is 207 g/mol. The summed E-state index contributed by atoms with van der Waals surface area (Å²) in [7, 11) is 0. The van der Waals surface area contributed by atoms with Crippen molar-refractivity contribution in [2.75, 3.05) is 0 Å². The van der Waals surface area contributed by atoms with Crippen LogP contribution in [0.15, 0.2) is 18.2 Å². The molecule has 2 nitrogen and oxygen atoms in total. The maximum absolute atomic E-state index is 13.6. The Morgan fingerprint density at radius 3 is 2.80 bits per heavy atom. The van der Waals surface area contributed by atoms with E-state index in [9.17, 15) is 9.18 Å². The number of carbonyl (C=O) groups excluding carboxylic acids is 1. The highest BCUT2D eigenvalue weighted by molar-refractivity contribution is 5.95. The zero-order valence-corrected chi connectivity index (χ0v) is 8.88. The maximum atomic E-state index is 13.6. The van der Waals surface area contributed by atoms with Crippen LogP contribution in [-0.4, -0.2) is 11.9 Å². The molecule has 1 amide bonds. The van der Waals surface area contributed by atoms with Gasteiger partial charge in [0.25, 0.3) is 5.91 Å². The second-order valence-corrected chi connectivity index (χ2v) is 4.23. The van der Waals surface area contributed by atoms with Gasteiger partial charge in [0.05, 0.1) is 5.56 Å². The van der Waals surface area contributed by atoms with Gasteiger partial charge in [-0.3, -0.25) is 4.79 Å². The van der Waals surface area contributed by atoms with Gasteiger partial charge < -0.3 is 5.32 Å². The van der Waals surface area contributed by atoms with E-state index in [4.69, 9.17) is 0 Å². The molecule has 0 spiro atoms. The Hall–Kier alpha value is -1.38. The minimum Gasteiger partial charge on any atom is -0.349 e. The molecule has 1 fully saturated rings. The van der Waals surface area contributed by atoms with Gasteiger partial charge in [0.15, 0.2) is 0 Å². The number of benzene rings is 1. The summed E-state index contributed by atoms with van der Waals surface area (Å²) in [5.74, 6) is -0.185. The van der Waals surface area contributed by atoms with Gasteiger partial charge in [-0.15, -0.1) is 0 Å². The minimum atomic E-state index is -0.414. The van der Waals surface area contributed by atoms with Crippen molar-refractivity contribution in [1.82, 2.24) is 5.32 Å². The lowest BCUT2D eigenvalue weighted by Gasteiger charge is -2.06. The molecule has 0 radical (unpaired) electrons. The highest BCUT2D eigenvalue weighted by atomic mass is 19.1. The Morgan fingerprint density at radius 2 is 2.20 bits per heavy atom. The van der Waals surface area contributed by atoms with E-state index in [0.717, 1.165) is 6.42 Å². The van der Waals surface area contributed by atoms with Crippen LogP contribution in [0.3, 0.4) is 0 Å². The van der Waals surface area contributed by atoms with Crippen LogP contribution < -0.4 is 5.32 Å². The summed E-state index contributed by atoms with van der Waals surface area (Å²) >= 11 is 0. The summed E-state index contributed by atoms with van der Waals surface area (Å²) in [5.41, 5.74) is 0.653. The van der Waals surface area contributed by atoms with Gasteiger partial charge in [-0.25, -0.2) is 4.39 Å². The Kier molecular flexibility index (Phi) is 2.47. The standard InChI is InChI=1S/C12H14FNO/c1-7-4-3-5-9(11(7)13)12(15)14-10-6-8(10)2/h3-5,8,10H,6H2,1-2H3,(H,14,15). The molecule has 0 saturated heterocycles. The second kappa shape index (κ2) is 3.65. The second-order valence-electron chi connectivity index (χ2n) is 4.23. The van der Waals surface area contributed by atoms with Crippen LogP contribution in [0.25, 0.3) is 0 Å². The van der Waals surface area contributed by atoms with Crippen molar-refractivity contribution in [3.8, 4) is 0 Å². The summed E-state index contributed by atoms with van der Waals surface area (Å²) in [6.07, 6.45) is 0.999. The van der Waals surface area contributed by atoms with Gasteiger partial charge in [0.2, 0.25) is 0 Å². The smallest absolute Gasteiger partial charge is 0.254 e. The molecule has 0 aromatic heterocycles. The number of aryl methyl sites for hydroxylation is 1. The van der Waals surface area contributed by atoms with E-state index in [1.54, 1.807) is 19.1 Å². The fourth-order valence-electron chi connectivity index (χ4n) is 1.59. The first-order valence-electron chi connectivity index (χ1n) is 5.15. The van der Waals surface area contributed by atoms with E-state index in [1.165, 1.54) is 6.07 Å². The van der Waals surface area contributed by atoms with Gasteiger partial charge in [-0.1, -0.05) is 19.1 Å². The van der Waals surface area contributed by atoms with Crippen molar-refractivity contribution in [3.05, 3.63) is 35.1 Å². The average Bonchev–Trinajstić information content (AvgIpc) is 2.86. The number of hydrogen-bond donors (Lipinski definition) is 1. The molecule has 15 heavy (non-hydrogen) atoms. The first-order valence-corrected chi connectivity index (χ1v) is 5.15. The molecule has 0 heterocycles. The quantitative estimate of drug-likeness (QED) is 0.792. The molecule has 80 valence electrons. The Labute approximate surface area is 88.5 Å². The zero-order chi connectivity index (χ0) is 11.0. The molecule has 1 aromatic rings. The molecular weight excluding hydrogens is 193 g/mol. The minimum absolute atomic E-state index is 0.147. The third-order valence-electron chi connectivity index (χ3n) is 2.86. The van der Waals surface area contributed by atoms with Crippen LogP contribution in [0.1, 0.15) is 29.3 Å². The van der Waals surface area contributed by atoms with Crippen LogP contribution >= 0.6 is 0 Å². The number of rotatable bonds is 2. The van der Waals surface area contributed by atoms with Crippen LogP contribution in [0, 0.1) is 18.7 Å². The first kappa shape index (κ1) is 10.1. The summed E-state index contributed by atoms with van der Waals surface area (Å²) in [5, 5.41) is 2.81. The van der Waals surface area contributed by atoms with E-state index in [0.29, 0.717) is 11.5 Å². The highest BCUT2D eigenvalue weighted by Gasteiger charge is 2.34. The molecule has 1 saturated carbocycles. The molecule has 2 unspecified atom stereocenters. The lowest BCUT2D eigenvalue weighted by Crippen LogP contribution is -2.27. The fourth-order valence-corrected chi connectivity index (χ4v) is 1.59. The van der Waals surface area contributed by atoms with Gasteiger partial charge >= 0.3 is 0 Å². The summed E-state index contributed by atoms with van der Waals surface area (Å²) in [4.78, 5) is 11.7. The molecule has 1 aromatic carbocycles. The van der Waals surface area contributed by atoms with Crippen molar-refractivity contribution in [3.63, 3.8) is 0 Å². The molecule has 0 aliphatic heterocycles. The normalized spacial score (nSPS) is 23.7. The lowest BCUT2D eigenvalue weighted by atomic mass is 10.1. The molecule has 1 N–H and O–H groups in total. The van der Waals surface area contributed by atoms with Crippen molar-refractivity contribution in [2.45, 2.75) is 26.3 Å². The maximum Gasteiger partial charge on any atom is 0.254 e. The topological polar surface area (TPSA) is 29.1 Å². The predicted molar refractivity (Wildman–Crippen MR) is 56.2 cm³/mol. The van der Waals surface area contributed by atoms with Crippen molar-refractivity contribution in [1.29, 1.82) is 0 Å². The third kappa shape index (κ3) is 2.01. The largest absolute Gasteiger partial charge is 0.349 e. The molecule has 1 aliphatic rings. The Morgan fingerprint density at radius 1 is 1.53 bits per heavy atom. The van der Waals surface area contributed by atoms with Crippen LogP contribution in [-0.2, 0) is 0 Å². The van der Waals surface area contributed by atoms with E-state index >= 15 is 0 Å². The number of hydrogen-bond acceptors (Lipinski definition) is 1. The van der Waals surface area contributed by atoms with Crippen LogP contribution in [0.5, 0.6) is 0 Å². The third-order valence-corrected chi connectivity index (χ3v) is 2.86. The first-order chi connectivity index (χ1) is 7.09. The van der Waals surface area contributed by atoms with Gasteiger partial charge in [-0.2, -0.15) is 0 Å². The molecule has 3 heteroatoms. The van der Waals surface area contributed by atoms with Crippen molar-refractivity contribution < 1.29 is 9.18 Å². The number of carbonyl (C=O) groups is 1. The zero-order valence-electron chi connectivity index (χ0n) is 8.88. The summed E-state index contributed by atoms with van der Waals surface area (Å²) < 4.78 is 13.6. The van der Waals surface area contributed by atoms with E-state index < -0.39 is 5.82 Å². The van der Waals surface area contributed by atoms with E-state index in [2.05, 4.69) is 12.2 Å². The van der Waals surface area contributed by atoms with Crippen molar-refractivity contribution >= 4 is 5.91 Å². The lowest BCUT2D eigenvalue weighted by molar-refractivity contribution is 0.0945. The molecule has 2 atom stereocenters. The summed E-state index contributed by atoms with van der Waals surface area (Å²) in [6, 6.07) is 5.11. The van der Waals surface area contributed by atoms with E-state index in [-0.39, 0.29) is 17.5 Å². The SMILES string of the molecule is Cc1cccc(C(=O)NC2CC2C)c1F. The number of halogens is 1. The molecular formula is C12H14FNO. The number of nitrogens with one attached hydrogen (secondary N) is 1. The van der Waals surface area contributed by atoms with Crippen LogP contribution in [0.4, 0.5) is 4.39 Å². The van der Waals surface area contributed by atoms with Gasteiger partial charge in [0, 0.05) is 6.04 Å². The predicted octanol–water partition coefficient (Wildman–Crippen LogP) is 2.27. The van der Waals surface area contributed by atoms with Gasteiger partial charge in [-0.05, 0) is 30.9 Å². The van der Waals surface area contributed by atoms with Crippen LogP contribution in [0.2, 0.25) is 0 Å². The van der Waals surface area contributed by atoms with Gasteiger partial charge in [0.1, 0.15) is 5.82 Å². The fraction of sp³-hybridized carbons (Fsp3) is 0.417. The molecule has 0 bridgehead atoms. The monoisotopic (exact) mass is 207 g/mol. The summed E-state index contributed by atoms with van der Waals surface area (Å²) in [6.45, 7) is 3.73. The molecule has 2 rings (SSSR count). The molecule has 1 aliphatic carbocycles. The highest BCUT2D eigenvalue weighted by Crippen LogP contribution is 2.29. The van der Waals surface area contributed by atoms with Crippen molar-refractivity contribution in [2.24, 2.45) is 5.92 Å². The Balaban J connectivity index is 2.14. The van der Waals surface area contributed by atoms with E-state index in [1.807, 2.05) is 0 Å². The Bertz CT molecular complexity index is 403.